The van der Waals surface area contributed by atoms with Crippen LogP contribution < -0.4 is 5.32 Å². The maximum Gasteiger partial charge on any atom is 0.262 e. The first-order valence-electron chi connectivity index (χ1n) is 10.1. The van der Waals surface area contributed by atoms with Gasteiger partial charge in [0.05, 0.1) is 17.1 Å². The fourth-order valence-corrected chi connectivity index (χ4v) is 3.54. The van der Waals surface area contributed by atoms with Crippen molar-refractivity contribution >= 4 is 17.7 Å². The smallest absolute Gasteiger partial charge is 0.262 e. The molecule has 1 atom stereocenters. The summed E-state index contributed by atoms with van der Waals surface area (Å²) in [7, 11) is 1.62. The van der Waals surface area contributed by atoms with E-state index in [1.165, 1.54) is 35.5 Å². The molecule has 33 heavy (non-hydrogen) atoms. The van der Waals surface area contributed by atoms with Gasteiger partial charge in [-0.15, -0.1) is 0 Å². The number of carbonyl (C=O) groups excluding carboxylic acids is 1. The zero-order valence-corrected chi connectivity index (χ0v) is 17.4. The third kappa shape index (κ3) is 3.78. The van der Waals surface area contributed by atoms with Crippen LogP contribution in [-0.4, -0.2) is 54.6 Å². The highest BCUT2D eigenvalue weighted by Crippen LogP contribution is 2.34. The second-order valence-electron chi connectivity index (χ2n) is 7.55. The molecule has 10 nitrogen and oxygen atoms in total. The van der Waals surface area contributed by atoms with E-state index in [4.69, 9.17) is 4.52 Å². The number of carbonyl (C=O) groups is 1. The molecule has 0 saturated carbocycles. The summed E-state index contributed by atoms with van der Waals surface area (Å²) in [4.78, 5) is 30.8. The van der Waals surface area contributed by atoms with Gasteiger partial charge < -0.3 is 19.8 Å². The first-order chi connectivity index (χ1) is 15.9. The van der Waals surface area contributed by atoms with Gasteiger partial charge in [-0.3, -0.25) is 4.79 Å². The Morgan fingerprint density at radius 3 is 2.61 bits per heavy atom. The molecule has 1 aliphatic rings. The zero-order chi connectivity index (χ0) is 23.0. The van der Waals surface area contributed by atoms with Crippen molar-refractivity contribution in [3.8, 4) is 22.8 Å². The standard InChI is InChI=1S/C22H18FN7O3/c1-30-11-8-22(32,20(30)31)18-12-17(29-33-18)15-6-2-5-14(26-15)16-7-10-25-21(27-16)28-19-13(23)4-3-9-24-19/h2-7,9-10,12,32H,8,11H2,1H3,(H,24,25,27,28)/t22-/m1/s1. The molecule has 2 N–H and O–H groups in total. The third-order valence-corrected chi connectivity index (χ3v) is 5.35. The van der Waals surface area contributed by atoms with Gasteiger partial charge in [-0.2, -0.15) is 0 Å². The molecular weight excluding hydrogens is 429 g/mol. The van der Waals surface area contributed by atoms with Gasteiger partial charge in [0, 0.05) is 38.5 Å². The second kappa shape index (κ2) is 8.02. The number of halogens is 1. The van der Waals surface area contributed by atoms with Crippen molar-refractivity contribution in [3.63, 3.8) is 0 Å². The fraction of sp³-hybridized carbons (Fsp3) is 0.182. The molecule has 0 radical (unpaired) electrons. The number of likely N-dealkylation sites (N-methyl/N-ethyl adjacent to an activating group) is 1. The number of rotatable bonds is 5. The van der Waals surface area contributed by atoms with Crippen LogP contribution in [0.5, 0.6) is 0 Å². The highest BCUT2D eigenvalue weighted by Gasteiger charge is 2.48. The van der Waals surface area contributed by atoms with E-state index >= 15 is 0 Å². The Morgan fingerprint density at radius 1 is 1.06 bits per heavy atom. The summed E-state index contributed by atoms with van der Waals surface area (Å²) in [6.07, 6.45) is 3.20. The molecule has 0 spiro atoms. The highest BCUT2D eigenvalue weighted by atomic mass is 19.1. The van der Waals surface area contributed by atoms with Gasteiger partial charge in [0.2, 0.25) is 11.5 Å². The Labute approximate surface area is 187 Å². The monoisotopic (exact) mass is 447 g/mol. The number of nitrogens with zero attached hydrogens (tertiary/aromatic N) is 6. The minimum absolute atomic E-state index is 0.0107. The van der Waals surface area contributed by atoms with Gasteiger partial charge >= 0.3 is 0 Å². The molecule has 11 heteroatoms. The molecule has 5 heterocycles. The molecule has 1 amide bonds. The lowest BCUT2D eigenvalue weighted by atomic mass is 9.98. The Balaban J connectivity index is 1.42. The normalized spacial score (nSPS) is 18.0. The van der Waals surface area contributed by atoms with Crippen molar-refractivity contribution in [2.24, 2.45) is 0 Å². The maximum atomic E-state index is 13.9. The maximum absolute atomic E-state index is 13.9. The van der Waals surface area contributed by atoms with Crippen LogP contribution in [0.25, 0.3) is 22.8 Å². The Kier molecular flexibility index (Phi) is 5.02. The van der Waals surface area contributed by atoms with Crippen LogP contribution in [0.2, 0.25) is 0 Å². The number of aliphatic hydroxyl groups is 1. The number of hydrogen-bond acceptors (Lipinski definition) is 9. The number of pyridine rings is 2. The molecule has 0 unspecified atom stereocenters. The van der Waals surface area contributed by atoms with Gasteiger partial charge in [0.1, 0.15) is 5.69 Å². The van der Waals surface area contributed by atoms with Gasteiger partial charge in [-0.1, -0.05) is 11.2 Å². The van der Waals surface area contributed by atoms with E-state index < -0.39 is 17.3 Å². The summed E-state index contributed by atoms with van der Waals surface area (Å²) in [6, 6.07) is 11.2. The lowest BCUT2D eigenvalue weighted by molar-refractivity contribution is -0.144. The zero-order valence-electron chi connectivity index (χ0n) is 17.4. The summed E-state index contributed by atoms with van der Waals surface area (Å²) in [5.74, 6) is -0.715. The van der Waals surface area contributed by atoms with Crippen LogP contribution in [-0.2, 0) is 10.4 Å². The average molecular weight is 447 g/mol. The Bertz CT molecular complexity index is 1340. The van der Waals surface area contributed by atoms with Crippen LogP contribution in [0, 0.1) is 5.82 Å². The second-order valence-corrected chi connectivity index (χ2v) is 7.55. The number of anilines is 2. The minimum atomic E-state index is -1.73. The molecule has 4 aromatic heterocycles. The predicted octanol–water partition coefficient (Wildman–Crippen LogP) is 2.52. The van der Waals surface area contributed by atoms with Crippen LogP contribution >= 0.6 is 0 Å². The van der Waals surface area contributed by atoms with E-state index in [-0.39, 0.29) is 23.9 Å². The Hall–Kier alpha value is -4.25. The lowest BCUT2D eigenvalue weighted by Crippen LogP contribution is -2.35. The summed E-state index contributed by atoms with van der Waals surface area (Å²) < 4.78 is 19.2. The number of amides is 1. The molecule has 1 aliphatic heterocycles. The van der Waals surface area contributed by atoms with Crippen LogP contribution in [0.4, 0.5) is 16.2 Å². The number of aromatic nitrogens is 5. The third-order valence-electron chi connectivity index (χ3n) is 5.35. The van der Waals surface area contributed by atoms with Crippen molar-refractivity contribution < 1.29 is 18.8 Å². The predicted molar refractivity (Wildman–Crippen MR) is 114 cm³/mol. The quantitative estimate of drug-likeness (QED) is 0.474. The average Bonchev–Trinajstić information content (AvgIpc) is 3.43. The van der Waals surface area contributed by atoms with Crippen LogP contribution in [0.15, 0.2) is 59.4 Å². The van der Waals surface area contributed by atoms with Crippen molar-refractivity contribution in [3.05, 3.63) is 66.4 Å². The van der Waals surface area contributed by atoms with Gasteiger partial charge in [0.25, 0.3) is 5.91 Å². The molecule has 0 aliphatic carbocycles. The van der Waals surface area contributed by atoms with Gasteiger partial charge in [-0.25, -0.2) is 24.3 Å². The summed E-state index contributed by atoms with van der Waals surface area (Å²) in [5.41, 5.74) is 0.102. The van der Waals surface area contributed by atoms with Crippen molar-refractivity contribution in [2.75, 3.05) is 18.9 Å². The van der Waals surface area contributed by atoms with Crippen LogP contribution in [0.1, 0.15) is 12.2 Å². The SMILES string of the molecule is CN1CC[C@@](O)(c2cc(-c3cccc(-c4ccnc(Nc5ncccc5F)n4)n3)no2)C1=O. The fourth-order valence-electron chi connectivity index (χ4n) is 3.54. The number of nitrogens with one attached hydrogen (secondary N) is 1. The van der Waals surface area contributed by atoms with Crippen molar-refractivity contribution in [1.82, 2.24) is 30.0 Å². The number of likely N-dealkylation sites (tertiary alicyclic amines) is 1. The largest absolute Gasteiger partial charge is 0.373 e. The first kappa shape index (κ1) is 20.6. The molecular formula is C22H18FN7O3. The van der Waals surface area contributed by atoms with Crippen molar-refractivity contribution in [1.29, 1.82) is 0 Å². The molecule has 1 saturated heterocycles. The van der Waals surface area contributed by atoms with E-state index in [2.05, 4.69) is 30.4 Å². The Morgan fingerprint density at radius 2 is 1.85 bits per heavy atom. The summed E-state index contributed by atoms with van der Waals surface area (Å²) in [5, 5.41) is 17.5. The number of hydrogen-bond donors (Lipinski definition) is 2. The molecule has 4 aromatic rings. The highest BCUT2D eigenvalue weighted by molar-refractivity contribution is 5.87. The van der Waals surface area contributed by atoms with Crippen molar-refractivity contribution in [2.45, 2.75) is 12.0 Å². The van der Waals surface area contributed by atoms with Crippen LogP contribution in [0.3, 0.4) is 0 Å². The lowest BCUT2D eigenvalue weighted by Gasteiger charge is -2.16. The van der Waals surface area contributed by atoms with E-state index in [1.807, 2.05) is 0 Å². The summed E-state index contributed by atoms with van der Waals surface area (Å²) >= 11 is 0. The topological polar surface area (TPSA) is 130 Å². The minimum Gasteiger partial charge on any atom is -0.373 e. The van der Waals surface area contributed by atoms with E-state index in [0.717, 1.165) is 0 Å². The van der Waals surface area contributed by atoms with E-state index in [9.17, 15) is 14.3 Å². The summed E-state index contributed by atoms with van der Waals surface area (Å²) in [6.45, 7) is 0.422. The van der Waals surface area contributed by atoms with E-state index in [0.29, 0.717) is 29.3 Å². The molecule has 166 valence electrons. The first-order valence-corrected chi connectivity index (χ1v) is 10.1. The van der Waals surface area contributed by atoms with Gasteiger partial charge in [0.15, 0.2) is 17.4 Å². The molecule has 1 fully saturated rings. The molecule has 0 aromatic carbocycles. The van der Waals surface area contributed by atoms with Gasteiger partial charge in [-0.05, 0) is 30.3 Å². The molecule has 5 rings (SSSR count). The molecule has 0 bridgehead atoms. The van der Waals surface area contributed by atoms with E-state index in [1.54, 1.807) is 31.3 Å².